The van der Waals surface area contributed by atoms with Gasteiger partial charge in [-0.1, -0.05) is 84.9 Å². The molecule has 3 aromatic rings. The summed E-state index contributed by atoms with van der Waals surface area (Å²) in [6.07, 6.45) is 0. The molecule has 1 atom stereocenters. The van der Waals surface area contributed by atoms with Crippen LogP contribution < -0.4 is 5.32 Å². The van der Waals surface area contributed by atoms with Gasteiger partial charge in [0.25, 0.3) is 0 Å². The third-order valence-corrected chi connectivity index (χ3v) is 5.59. The lowest BCUT2D eigenvalue weighted by atomic mass is 9.93. The molecule has 28 heavy (non-hydrogen) atoms. The van der Waals surface area contributed by atoms with Crippen molar-refractivity contribution in [3.8, 4) is 11.1 Å². The average molecular weight is 392 g/mol. The van der Waals surface area contributed by atoms with Crippen LogP contribution in [0.25, 0.3) is 11.1 Å². The van der Waals surface area contributed by atoms with E-state index in [1.54, 1.807) is 18.7 Å². The van der Waals surface area contributed by atoms with E-state index in [4.69, 9.17) is 0 Å². The van der Waals surface area contributed by atoms with Crippen LogP contribution in [-0.4, -0.2) is 23.3 Å². The van der Waals surface area contributed by atoms with Crippen LogP contribution in [0.2, 0.25) is 0 Å². The van der Waals surface area contributed by atoms with Crippen LogP contribution in [0.5, 0.6) is 0 Å². The summed E-state index contributed by atoms with van der Waals surface area (Å²) in [6, 6.07) is 28.0. The van der Waals surface area contributed by atoms with Crippen molar-refractivity contribution in [2.24, 2.45) is 0 Å². The van der Waals surface area contributed by atoms with Gasteiger partial charge < -0.3 is 10.4 Å². The number of carbonyl (C=O) groups excluding carboxylic acids is 1. The molecule has 0 spiro atoms. The van der Waals surface area contributed by atoms with Gasteiger partial charge in [0.2, 0.25) is 5.91 Å². The summed E-state index contributed by atoms with van der Waals surface area (Å²) in [5, 5.41) is 13.6. The van der Waals surface area contributed by atoms with Crippen molar-refractivity contribution >= 4 is 17.7 Å². The Balaban J connectivity index is 1.49. The number of benzene rings is 3. The molecule has 0 fully saturated rings. The van der Waals surface area contributed by atoms with E-state index in [2.05, 4.69) is 29.6 Å². The Morgan fingerprint density at radius 3 is 2.11 bits per heavy atom. The molecule has 0 saturated heterocycles. The Bertz CT molecular complexity index is 877. The summed E-state index contributed by atoms with van der Waals surface area (Å²) in [4.78, 5) is 12.1. The van der Waals surface area contributed by atoms with E-state index < -0.39 is 5.60 Å². The second kappa shape index (κ2) is 9.58. The van der Waals surface area contributed by atoms with Gasteiger partial charge >= 0.3 is 0 Å². The quantitative estimate of drug-likeness (QED) is 0.589. The largest absolute Gasteiger partial charge is 0.384 e. The summed E-state index contributed by atoms with van der Waals surface area (Å²) in [6.45, 7) is 1.91. The first-order valence-corrected chi connectivity index (χ1v) is 10.5. The van der Waals surface area contributed by atoms with Crippen LogP contribution >= 0.6 is 11.8 Å². The van der Waals surface area contributed by atoms with Crippen molar-refractivity contribution < 1.29 is 9.90 Å². The third kappa shape index (κ3) is 5.72. The van der Waals surface area contributed by atoms with E-state index in [0.717, 1.165) is 22.4 Å². The van der Waals surface area contributed by atoms with Crippen molar-refractivity contribution in [3.05, 3.63) is 96.1 Å². The highest BCUT2D eigenvalue weighted by Gasteiger charge is 2.23. The van der Waals surface area contributed by atoms with Crippen molar-refractivity contribution in [1.29, 1.82) is 0 Å². The van der Waals surface area contributed by atoms with Crippen LogP contribution in [0, 0.1) is 0 Å². The average Bonchev–Trinajstić information content (AvgIpc) is 2.74. The van der Waals surface area contributed by atoms with Gasteiger partial charge in [-0.05, 0) is 29.2 Å². The van der Waals surface area contributed by atoms with E-state index in [-0.39, 0.29) is 12.5 Å². The number of nitrogens with one attached hydrogen (secondary N) is 1. The van der Waals surface area contributed by atoms with E-state index >= 15 is 0 Å². The fraction of sp³-hybridized carbons (Fsp3) is 0.208. The van der Waals surface area contributed by atoms with Crippen molar-refractivity contribution in [3.63, 3.8) is 0 Å². The second-order valence-electron chi connectivity index (χ2n) is 6.97. The van der Waals surface area contributed by atoms with Gasteiger partial charge in [-0.2, -0.15) is 0 Å². The number of hydrogen-bond acceptors (Lipinski definition) is 3. The van der Waals surface area contributed by atoms with Crippen LogP contribution in [0.3, 0.4) is 0 Å². The summed E-state index contributed by atoms with van der Waals surface area (Å²) in [7, 11) is 0. The minimum absolute atomic E-state index is 0.0675. The molecule has 3 aromatic carbocycles. The van der Waals surface area contributed by atoms with Crippen LogP contribution in [0.1, 0.15) is 18.1 Å². The molecule has 144 valence electrons. The highest BCUT2D eigenvalue weighted by Crippen LogP contribution is 2.24. The highest BCUT2D eigenvalue weighted by atomic mass is 32.2. The van der Waals surface area contributed by atoms with Gasteiger partial charge in [0.1, 0.15) is 5.60 Å². The molecular weight excluding hydrogens is 366 g/mol. The lowest BCUT2D eigenvalue weighted by Gasteiger charge is -2.24. The topological polar surface area (TPSA) is 49.3 Å². The zero-order valence-electron chi connectivity index (χ0n) is 16.0. The molecule has 0 heterocycles. The third-order valence-electron chi connectivity index (χ3n) is 4.59. The molecule has 0 aromatic heterocycles. The van der Waals surface area contributed by atoms with Crippen molar-refractivity contribution in [2.75, 3.05) is 12.3 Å². The van der Waals surface area contributed by atoms with E-state index in [9.17, 15) is 9.90 Å². The van der Waals surface area contributed by atoms with Gasteiger partial charge in [-0.15, -0.1) is 11.8 Å². The van der Waals surface area contributed by atoms with E-state index in [1.807, 2.05) is 60.7 Å². The Morgan fingerprint density at radius 1 is 0.893 bits per heavy atom. The molecule has 0 aliphatic carbocycles. The number of carbonyl (C=O) groups is 1. The first-order chi connectivity index (χ1) is 13.5. The van der Waals surface area contributed by atoms with Gasteiger partial charge in [-0.3, -0.25) is 4.79 Å². The molecule has 2 N–H and O–H groups in total. The highest BCUT2D eigenvalue weighted by molar-refractivity contribution is 7.99. The number of aliphatic hydroxyl groups is 1. The molecular formula is C24H25NO2S. The normalized spacial score (nSPS) is 12.9. The predicted octanol–water partition coefficient (Wildman–Crippen LogP) is 4.61. The summed E-state index contributed by atoms with van der Waals surface area (Å²) in [5.41, 5.74) is 3.10. The molecule has 0 bridgehead atoms. The number of hydrogen-bond donors (Lipinski definition) is 2. The SMILES string of the molecule is CC(O)(CNC(=O)CSCc1ccccc1)c1ccc(-c2ccccc2)cc1. The van der Waals surface area contributed by atoms with Gasteiger partial charge in [0.15, 0.2) is 0 Å². The number of amides is 1. The van der Waals surface area contributed by atoms with E-state index in [0.29, 0.717) is 5.75 Å². The van der Waals surface area contributed by atoms with Crippen LogP contribution in [0.4, 0.5) is 0 Å². The maximum atomic E-state index is 12.1. The summed E-state index contributed by atoms with van der Waals surface area (Å²) >= 11 is 1.57. The Kier molecular flexibility index (Phi) is 6.90. The molecule has 0 aliphatic heterocycles. The van der Waals surface area contributed by atoms with Crippen LogP contribution in [0.15, 0.2) is 84.9 Å². The number of thioether (sulfide) groups is 1. The number of rotatable bonds is 8. The lowest BCUT2D eigenvalue weighted by Crippen LogP contribution is -2.39. The zero-order chi connectivity index (χ0) is 19.8. The molecule has 1 amide bonds. The van der Waals surface area contributed by atoms with Gasteiger partial charge in [0.05, 0.1) is 12.3 Å². The van der Waals surface area contributed by atoms with E-state index in [1.165, 1.54) is 5.56 Å². The maximum Gasteiger partial charge on any atom is 0.230 e. The molecule has 0 radical (unpaired) electrons. The Labute approximate surface area is 170 Å². The summed E-state index contributed by atoms with van der Waals surface area (Å²) in [5.74, 6) is 1.10. The van der Waals surface area contributed by atoms with Crippen LogP contribution in [-0.2, 0) is 16.1 Å². The Morgan fingerprint density at radius 2 is 1.46 bits per heavy atom. The molecule has 0 saturated carbocycles. The standard InChI is InChI=1S/C24H25NO2S/c1-24(27,18-25-23(26)17-28-16-19-8-4-2-5-9-19)22-14-12-21(13-15-22)20-10-6-3-7-11-20/h2-15,27H,16-18H2,1H3,(H,25,26). The zero-order valence-corrected chi connectivity index (χ0v) is 16.8. The van der Waals surface area contributed by atoms with Crippen molar-refractivity contribution in [2.45, 2.75) is 18.3 Å². The minimum atomic E-state index is -1.12. The maximum absolute atomic E-state index is 12.1. The minimum Gasteiger partial charge on any atom is -0.384 e. The molecule has 4 heteroatoms. The van der Waals surface area contributed by atoms with Gasteiger partial charge in [-0.25, -0.2) is 0 Å². The fourth-order valence-electron chi connectivity index (χ4n) is 2.91. The fourth-order valence-corrected chi connectivity index (χ4v) is 3.73. The molecule has 1 unspecified atom stereocenters. The first-order valence-electron chi connectivity index (χ1n) is 9.31. The first kappa shape index (κ1) is 20.2. The summed E-state index contributed by atoms with van der Waals surface area (Å²) < 4.78 is 0. The smallest absolute Gasteiger partial charge is 0.230 e. The molecule has 3 rings (SSSR count). The van der Waals surface area contributed by atoms with Gasteiger partial charge in [0, 0.05) is 5.75 Å². The Hall–Kier alpha value is -2.56. The monoisotopic (exact) mass is 391 g/mol. The lowest BCUT2D eigenvalue weighted by molar-refractivity contribution is -0.119. The molecule has 3 nitrogen and oxygen atoms in total. The molecule has 0 aliphatic rings. The second-order valence-corrected chi connectivity index (χ2v) is 7.96. The van der Waals surface area contributed by atoms with Crippen molar-refractivity contribution in [1.82, 2.24) is 5.32 Å². The predicted molar refractivity (Wildman–Crippen MR) is 117 cm³/mol.